The number of aliphatic hydroxyl groups is 1. The fraction of sp³-hybridized carbons (Fsp3) is 0.364. The van der Waals surface area contributed by atoms with Gasteiger partial charge in [0.15, 0.2) is 4.34 Å². The molecule has 1 aromatic heterocycles. The number of benzene rings is 1. The number of nitrogens with zero attached hydrogens (tertiary/aromatic N) is 1. The molecule has 0 spiro atoms. The standard InChI is InChI=1S/C11H13NOS2/c1-2-8(13)7-14-11-12-9-5-3-4-6-10(9)15-11/h3-6,8,13H,2,7H2,1H3. The maximum atomic E-state index is 9.45. The Kier molecular flexibility index (Phi) is 3.61. The zero-order valence-electron chi connectivity index (χ0n) is 8.51. The van der Waals surface area contributed by atoms with Crippen molar-refractivity contribution in [2.45, 2.75) is 23.8 Å². The fourth-order valence-corrected chi connectivity index (χ4v) is 3.34. The number of aliphatic hydroxyl groups excluding tert-OH is 1. The van der Waals surface area contributed by atoms with E-state index in [2.05, 4.69) is 11.1 Å². The van der Waals surface area contributed by atoms with E-state index in [0.29, 0.717) is 0 Å². The molecule has 2 aromatic rings. The summed E-state index contributed by atoms with van der Waals surface area (Å²) in [7, 11) is 0. The van der Waals surface area contributed by atoms with Crippen molar-refractivity contribution in [2.24, 2.45) is 0 Å². The number of hydrogen-bond acceptors (Lipinski definition) is 4. The van der Waals surface area contributed by atoms with Gasteiger partial charge in [-0.15, -0.1) is 11.3 Å². The molecule has 0 fully saturated rings. The quantitative estimate of drug-likeness (QED) is 0.832. The van der Waals surface area contributed by atoms with Gasteiger partial charge in [0.05, 0.1) is 16.3 Å². The number of fused-ring (bicyclic) bond motifs is 1. The molecule has 0 aliphatic heterocycles. The minimum absolute atomic E-state index is 0.220. The summed E-state index contributed by atoms with van der Waals surface area (Å²) in [6.07, 6.45) is 0.583. The lowest BCUT2D eigenvalue weighted by Crippen LogP contribution is -2.06. The molecule has 80 valence electrons. The SMILES string of the molecule is CCC(O)CSc1nc2ccccc2s1. The van der Waals surface area contributed by atoms with Gasteiger partial charge in [-0.3, -0.25) is 0 Å². The topological polar surface area (TPSA) is 33.1 Å². The van der Waals surface area contributed by atoms with Gasteiger partial charge in [-0.1, -0.05) is 30.8 Å². The molecule has 0 aliphatic rings. The van der Waals surface area contributed by atoms with E-state index in [1.54, 1.807) is 23.1 Å². The van der Waals surface area contributed by atoms with Crippen molar-refractivity contribution in [3.05, 3.63) is 24.3 Å². The van der Waals surface area contributed by atoms with Crippen molar-refractivity contribution in [2.75, 3.05) is 5.75 Å². The van der Waals surface area contributed by atoms with E-state index in [9.17, 15) is 5.11 Å². The van der Waals surface area contributed by atoms with Gasteiger partial charge in [-0.05, 0) is 18.6 Å². The summed E-state index contributed by atoms with van der Waals surface area (Å²) in [4.78, 5) is 4.49. The molecule has 1 atom stereocenters. The first-order chi connectivity index (χ1) is 7.29. The normalized spacial score (nSPS) is 13.2. The third-order valence-electron chi connectivity index (χ3n) is 2.14. The van der Waals surface area contributed by atoms with Crippen molar-refractivity contribution >= 4 is 33.3 Å². The predicted molar refractivity (Wildman–Crippen MR) is 66.6 cm³/mol. The minimum Gasteiger partial charge on any atom is -0.392 e. The maximum absolute atomic E-state index is 9.45. The van der Waals surface area contributed by atoms with Crippen LogP contribution in [-0.4, -0.2) is 21.9 Å². The number of para-hydroxylation sites is 1. The van der Waals surface area contributed by atoms with Crippen LogP contribution in [0.15, 0.2) is 28.6 Å². The number of thiazole rings is 1. The van der Waals surface area contributed by atoms with Crippen LogP contribution in [-0.2, 0) is 0 Å². The van der Waals surface area contributed by atoms with Crippen molar-refractivity contribution in [3.8, 4) is 0 Å². The van der Waals surface area contributed by atoms with Crippen LogP contribution in [0.4, 0.5) is 0 Å². The van der Waals surface area contributed by atoms with Crippen LogP contribution in [0.25, 0.3) is 10.2 Å². The van der Waals surface area contributed by atoms with Crippen molar-refractivity contribution < 1.29 is 5.11 Å². The van der Waals surface area contributed by atoms with Gasteiger partial charge in [0, 0.05) is 5.75 Å². The van der Waals surface area contributed by atoms with Crippen LogP contribution in [0.2, 0.25) is 0 Å². The molecule has 0 aliphatic carbocycles. The van der Waals surface area contributed by atoms with Gasteiger partial charge in [0.25, 0.3) is 0 Å². The van der Waals surface area contributed by atoms with Crippen LogP contribution in [0.1, 0.15) is 13.3 Å². The zero-order valence-corrected chi connectivity index (χ0v) is 10.1. The molecular weight excluding hydrogens is 226 g/mol. The lowest BCUT2D eigenvalue weighted by atomic mass is 10.3. The summed E-state index contributed by atoms with van der Waals surface area (Å²) in [5.41, 5.74) is 1.05. The summed E-state index contributed by atoms with van der Waals surface area (Å²) >= 11 is 3.33. The minimum atomic E-state index is -0.220. The van der Waals surface area contributed by atoms with Crippen LogP contribution >= 0.6 is 23.1 Å². The highest BCUT2D eigenvalue weighted by Crippen LogP contribution is 2.29. The van der Waals surface area contributed by atoms with E-state index >= 15 is 0 Å². The summed E-state index contributed by atoms with van der Waals surface area (Å²) in [6.45, 7) is 1.99. The van der Waals surface area contributed by atoms with E-state index in [1.165, 1.54) is 4.70 Å². The molecule has 1 unspecified atom stereocenters. The van der Waals surface area contributed by atoms with Gasteiger partial charge < -0.3 is 5.11 Å². The molecule has 4 heteroatoms. The first-order valence-corrected chi connectivity index (χ1v) is 6.76. The molecule has 2 rings (SSSR count). The Hall–Kier alpha value is -0.580. The predicted octanol–water partition coefficient (Wildman–Crippen LogP) is 3.16. The Morgan fingerprint density at radius 1 is 1.47 bits per heavy atom. The van der Waals surface area contributed by atoms with Gasteiger partial charge >= 0.3 is 0 Å². The largest absolute Gasteiger partial charge is 0.392 e. The molecule has 1 heterocycles. The van der Waals surface area contributed by atoms with Gasteiger partial charge in [-0.25, -0.2) is 4.98 Å². The summed E-state index contributed by atoms with van der Waals surface area (Å²) in [6, 6.07) is 8.12. The van der Waals surface area contributed by atoms with Crippen molar-refractivity contribution in [1.82, 2.24) is 4.98 Å². The van der Waals surface area contributed by atoms with Gasteiger partial charge in [-0.2, -0.15) is 0 Å². The smallest absolute Gasteiger partial charge is 0.151 e. The maximum Gasteiger partial charge on any atom is 0.151 e. The summed E-state index contributed by atoms with van der Waals surface area (Å²) < 4.78 is 2.26. The number of hydrogen-bond donors (Lipinski definition) is 1. The van der Waals surface area contributed by atoms with E-state index in [-0.39, 0.29) is 6.10 Å². The molecular formula is C11H13NOS2. The molecule has 1 aromatic carbocycles. The Morgan fingerprint density at radius 2 is 2.27 bits per heavy atom. The number of aromatic nitrogens is 1. The Bertz CT molecular complexity index is 408. The van der Waals surface area contributed by atoms with Crippen molar-refractivity contribution in [3.63, 3.8) is 0 Å². The molecule has 15 heavy (non-hydrogen) atoms. The molecule has 0 saturated carbocycles. The summed E-state index contributed by atoms with van der Waals surface area (Å²) in [5, 5.41) is 9.45. The molecule has 0 bridgehead atoms. The highest BCUT2D eigenvalue weighted by Gasteiger charge is 2.06. The Morgan fingerprint density at radius 3 is 3.00 bits per heavy atom. The van der Waals surface area contributed by atoms with Crippen LogP contribution in [0.5, 0.6) is 0 Å². The first-order valence-electron chi connectivity index (χ1n) is 4.96. The van der Waals surface area contributed by atoms with E-state index < -0.39 is 0 Å². The van der Waals surface area contributed by atoms with E-state index in [4.69, 9.17) is 0 Å². The second-order valence-corrected chi connectivity index (χ2v) is 5.62. The van der Waals surface area contributed by atoms with Crippen molar-refractivity contribution in [1.29, 1.82) is 0 Å². The monoisotopic (exact) mass is 239 g/mol. The summed E-state index contributed by atoms with van der Waals surface area (Å²) in [5.74, 6) is 0.732. The molecule has 1 N–H and O–H groups in total. The number of rotatable bonds is 4. The van der Waals surface area contributed by atoms with E-state index in [1.807, 2.05) is 25.1 Å². The number of thioether (sulfide) groups is 1. The molecule has 0 radical (unpaired) electrons. The zero-order chi connectivity index (χ0) is 10.7. The third kappa shape index (κ3) is 2.71. The van der Waals surface area contributed by atoms with Crippen LogP contribution < -0.4 is 0 Å². The van der Waals surface area contributed by atoms with Crippen LogP contribution in [0, 0.1) is 0 Å². The Balaban J connectivity index is 2.09. The van der Waals surface area contributed by atoms with Gasteiger partial charge in [0.1, 0.15) is 0 Å². The molecule has 0 amide bonds. The Labute approximate surface area is 97.4 Å². The average Bonchev–Trinajstić information content (AvgIpc) is 2.68. The second kappa shape index (κ2) is 4.96. The molecule has 2 nitrogen and oxygen atoms in total. The molecule has 0 saturated heterocycles. The fourth-order valence-electron chi connectivity index (χ4n) is 1.20. The average molecular weight is 239 g/mol. The second-order valence-electron chi connectivity index (χ2n) is 3.32. The van der Waals surface area contributed by atoms with Gasteiger partial charge in [0.2, 0.25) is 0 Å². The lowest BCUT2D eigenvalue weighted by molar-refractivity contribution is 0.195. The first kappa shape index (κ1) is 10.9. The lowest BCUT2D eigenvalue weighted by Gasteiger charge is -2.03. The third-order valence-corrected chi connectivity index (χ3v) is 4.47. The van der Waals surface area contributed by atoms with Crippen LogP contribution in [0.3, 0.4) is 0 Å². The van der Waals surface area contributed by atoms with E-state index in [0.717, 1.165) is 22.0 Å². The highest BCUT2D eigenvalue weighted by atomic mass is 32.2. The highest BCUT2D eigenvalue weighted by molar-refractivity contribution is 8.01.